The Labute approximate surface area is 190 Å². The standard InChI is InChI=1S/C26H32N4O2/c1-18-6-8-19(9-7-18)23-24(29(5)21-14-16-28(4)17-15-21)26(32)30(25(23)31)22-12-10-20(11-13-22)27(2)3/h6-13,21H,14-17H2,1-5H3. The van der Waals surface area contributed by atoms with Gasteiger partial charge < -0.3 is 14.7 Å². The van der Waals surface area contributed by atoms with Gasteiger partial charge in [0.25, 0.3) is 11.8 Å². The predicted octanol–water partition coefficient (Wildman–Crippen LogP) is 3.37. The lowest BCUT2D eigenvalue weighted by molar-refractivity contribution is -0.120. The molecule has 0 N–H and O–H groups in total. The van der Waals surface area contributed by atoms with Crippen molar-refractivity contribution in [2.45, 2.75) is 25.8 Å². The first-order valence-corrected chi connectivity index (χ1v) is 11.2. The maximum absolute atomic E-state index is 13.7. The second-order valence-electron chi connectivity index (χ2n) is 9.09. The largest absolute Gasteiger partial charge is 0.378 e. The van der Waals surface area contributed by atoms with Gasteiger partial charge in [0, 0.05) is 32.9 Å². The van der Waals surface area contributed by atoms with E-state index in [1.54, 1.807) is 0 Å². The van der Waals surface area contributed by atoms with Crippen LogP contribution in [0.2, 0.25) is 0 Å². The number of imide groups is 1. The molecule has 1 saturated heterocycles. The van der Waals surface area contributed by atoms with E-state index in [1.807, 2.05) is 81.5 Å². The summed E-state index contributed by atoms with van der Waals surface area (Å²) < 4.78 is 0. The third-order valence-electron chi connectivity index (χ3n) is 6.61. The molecule has 0 aliphatic carbocycles. The molecule has 32 heavy (non-hydrogen) atoms. The summed E-state index contributed by atoms with van der Waals surface area (Å²) in [4.78, 5) is 35.1. The van der Waals surface area contributed by atoms with Crippen molar-refractivity contribution in [2.75, 3.05) is 51.1 Å². The van der Waals surface area contributed by atoms with E-state index in [4.69, 9.17) is 0 Å². The van der Waals surface area contributed by atoms with Crippen LogP contribution in [0, 0.1) is 6.92 Å². The van der Waals surface area contributed by atoms with Crippen LogP contribution in [-0.4, -0.2) is 68.9 Å². The zero-order valence-corrected chi connectivity index (χ0v) is 19.6. The van der Waals surface area contributed by atoms with E-state index in [1.165, 1.54) is 4.90 Å². The van der Waals surface area contributed by atoms with Gasteiger partial charge in [-0.05, 0) is 69.7 Å². The second-order valence-corrected chi connectivity index (χ2v) is 9.09. The van der Waals surface area contributed by atoms with Gasteiger partial charge in [-0.15, -0.1) is 0 Å². The van der Waals surface area contributed by atoms with E-state index in [9.17, 15) is 9.59 Å². The van der Waals surface area contributed by atoms with Gasteiger partial charge in [0.15, 0.2) is 0 Å². The molecule has 6 nitrogen and oxygen atoms in total. The number of nitrogens with zero attached hydrogens (tertiary/aromatic N) is 4. The number of carbonyl (C=O) groups is 2. The van der Waals surface area contributed by atoms with Crippen LogP contribution in [0.15, 0.2) is 54.2 Å². The Bertz CT molecular complexity index is 1030. The van der Waals surface area contributed by atoms with Crippen LogP contribution in [-0.2, 0) is 9.59 Å². The highest BCUT2D eigenvalue weighted by Crippen LogP contribution is 2.36. The summed E-state index contributed by atoms with van der Waals surface area (Å²) in [7, 11) is 8.01. The fourth-order valence-electron chi connectivity index (χ4n) is 4.52. The van der Waals surface area contributed by atoms with E-state index in [0.717, 1.165) is 42.7 Å². The molecule has 2 heterocycles. The number of hydrogen-bond donors (Lipinski definition) is 0. The minimum absolute atomic E-state index is 0.231. The Morgan fingerprint density at radius 2 is 1.44 bits per heavy atom. The molecule has 0 saturated carbocycles. The number of anilines is 2. The number of rotatable bonds is 5. The Balaban J connectivity index is 1.75. The molecule has 2 aliphatic rings. The number of amides is 2. The van der Waals surface area contributed by atoms with Crippen LogP contribution in [0.5, 0.6) is 0 Å². The minimum atomic E-state index is -0.258. The first kappa shape index (κ1) is 22.1. The van der Waals surface area contributed by atoms with Crippen molar-refractivity contribution in [1.82, 2.24) is 9.80 Å². The predicted molar refractivity (Wildman–Crippen MR) is 130 cm³/mol. The third kappa shape index (κ3) is 4.02. The Morgan fingerprint density at radius 1 is 0.844 bits per heavy atom. The van der Waals surface area contributed by atoms with Crippen molar-refractivity contribution in [3.8, 4) is 0 Å². The Hall–Kier alpha value is -3.12. The maximum Gasteiger partial charge on any atom is 0.282 e. The summed E-state index contributed by atoms with van der Waals surface area (Å²) in [6, 6.07) is 15.6. The summed E-state index contributed by atoms with van der Waals surface area (Å²) >= 11 is 0. The van der Waals surface area contributed by atoms with Crippen LogP contribution < -0.4 is 9.80 Å². The minimum Gasteiger partial charge on any atom is -0.378 e. The van der Waals surface area contributed by atoms with Crippen molar-refractivity contribution < 1.29 is 9.59 Å². The zero-order valence-electron chi connectivity index (χ0n) is 19.6. The number of benzene rings is 2. The Kier molecular flexibility index (Phi) is 6.07. The number of aryl methyl sites for hydroxylation is 1. The summed E-state index contributed by atoms with van der Waals surface area (Å²) in [6.07, 6.45) is 1.94. The third-order valence-corrected chi connectivity index (χ3v) is 6.61. The summed E-state index contributed by atoms with van der Waals surface area (Å²) in [5.41, 5.74) is 4.52. The van der Waals surface area contributed by atoms with Gasteiger partial charge >= 0.3 is 0 Å². The fourth-order valence-corrected chi connectivity index (χ4v) is 4.52. The van der Waals surface area contributed by atoms with E-state index in [0.29, 0.717) is 17.0 Å². The Morgan fingerprint density at radius 3 is 2.00 bits per heavy atom. The lowest BCUT2D eigenvalue weighted by Gasteiger charge is -2.36. The van der Waals surface area contributed by atoms with Gasteiger partial charge in [0.05, 0.1) is 11.3 Å². The fraction of sp³-hybridized carbons (Fsp3) is 0.385. The monoisotopic (exact) mass is 432 g/mol. The van der Waals surface area contributed by atoms with Gasteiger partial charge in [-0.3, -0.25) is 9.59 Å². The van der Waals surface area contributed by atoms with Crippen molar-refractivity contribution >= 4 is 28.8 Å². The van der Waals surface area contributed by atoms with Crippen molar-refractivity contribution in [3.63, 3.8) is 0 Å². The van der Waals surface area contributed by atoms with Crippen LogP contribution >= 0.6 is 0 Å². The quantitative estimate of drug-likeness (QED) is 0.678. The maximum atomic E-state index is 13.7. The van der Waals surface area contributed by atoms with Gasteiger partial charge in [0.1, 0.15) is 5.70 Å². The van der Waals surface area contributed by atoms with E-state index in [2.05, 4.69) is 16.8 Å². The number of likely N-dealkylation sites (tertiary alicyclic amines) is 1. The second kappa shape index (κ2) is 8.79. The number of carbonyl (C=O) groups excluding carboxylic acids is 2. The first-order valence-electron chi connectivity index (χ1n) is 11.2. The molecule has 168 valence electrons. The molecule has 1 fully saturated rings. The molecular formula is C26H32N4O2. The highest BCUT2D eigenvalue weighted by atomic mass is 16.2. The highest BCUT2D eigenvalue weighted by Gasteiger charge is 2.43. The summed E-state index contributed by atoms with van der Waals surface area (Å²) in [5.74, 6) is -0.504. The SMILES string of the molecule is Cc1ccc(C2=C(N(C)C3CCN(C)CC3)C(=O)N(c3ccc(N(C)C)cc3)C2=O)cc1. The van der Waals surface area contributed by atoms with E-state index < -0.39 is 0 Å². The molecule has 2 aliphatic heterocycles. The molecule has 4 rings (SSSR count). The van der Waals surface area contributed by atoms with Gasteiger partial charge in [-0.2, -0.15) is 0 Å². The zero-order chi connectivity index (χ0) is 23.0. The van der Waals surface area contributed by atoms with Crippen molar-refractivity contribution in [3.05, 3.63) is 65.4 Å². The molecule has 0 spiro atoms. The lowest BCUT2D eigenvalue weighted by Crippen LogP contribution is -2.43. The van der Waals surface area contributed by atoms with Crippen LogP contribution in [0.3, 0.4) is 0 Å². The lowest BCUT2D eigenvalue weighted by atomic mass is 9.99. The number of likely N-dealkylation sites (N-methyl/N-ethyl adjacent to an activating group) is 1. The topological polar surface area (TPSA) is 47.1 Å². The van der Waals surface area contributed by atoms with Crippen LogP contribution in [0.4, 0.5) is 11.4 Å². The summed E-state index contributed by atoms with van der Waals surface area (Å²) in [5, 5.41) is 0. The molecule has 2 amide bonds. The molecule has 0 atom stereocenters. The van der Waals surface area contributed by atoms with Gasteiger partial charge in [-0.1, -0.05) is 29.8 Å². The van der Waals surface area contributed by atoms with E-state index >= 15 is 0 Å². The molecular weight excluding hydrogens is 400 g/mol. The molecule has 0 unspecified atom stereocenters. The smallest absolute Gasteiger partial charge is 0.282 e. The number of piperidine rings is 1. The first-order chi connectivity index (χ1) is 15.3. The van der Waals surface area contributed by atoms with Gasteiger partial charge in [0.2, 0.25) is 0 Å². The van der Waals surface area contributed by atoms with Crippen LogP contribution in [0.1, 0.15) is 24.0 Å². The molecule has 2 aromatic rings. The average Bonchev–Trinajstić information content (AvgIpc) is 3.04. The molecule has 0 bridgehead atoms. The highest BCUT2D eigenvalue weighted by molar-refractivity contribution is 6.45. The van der Waals surface area contributed by atoms with Gasteiger partial charge in [-0.25, -0.2) is 4.90 Å². The average molecular weight is 433 g/mol. The molecule has 6 heteroatoms. The normalized spacial score (nSPS) is 18.0. The number of hydrogen-bond acceptors (Lipinski definition) is 5. The van der Waals surface area contributed by atoms with Crippen molar-refractivity contribution in [2.24, 2.45) is 0 Å². The van der Waals surface area contributed by atoms with Crippen molar-refractivity contribution in [1.29, 1.82) is 0 Å². The van der Waals surface area contributed by atoms with E-state index in [-0.39, 0.29) is 17.9 Å². The molecule has 0 aromatic heterocycles. The molecule has 2 aromatic carbocycles. The molecule has 0 radical (unpaired) electrons. The van der Waals surface area contributed by atoms with Crippen LogP contribution in [0.25, 0.3) is 5.57 Å². The summed E-state index contributed by atoms with van der Waals surface area (Å²) in [6.45, 7) is 3.99.